The van der Waals surface area contributed by atoms with Gasteiger partial charge in [-0.1, -0.05) is 26.0 Å². The molecule has 0 spiro atoms. The molecular formula is C25H28N2O5. The molecule has 2 aromatic carbocycles. The molecule has 0 aromatic heterocycles. The van der Waals surface area contributed by atoms with Crippen LogP contribution in [0.15, 0.2) is 48.2 Å². The molecule has 7 nitrogen and oxygen atoms in total. The molecule has 2 heterocycles. The van der Waals surface area contributed by atoms with Crippen LogP contribution in [0.4, 0.5) is 5.69 Å². The van der Waals surface area contributed by atoms with E-state index in [0.29, 0.717) is 53.8 Å². The summed E-state index contributed by atoms with van der Waals surface area (Å²) >= 11 is 0. The number of carbonyl (C=O) groups is 2. The van der Waals surface area contributed by atoms with Crippen LogP contribution >= 0.6 is 0 Å². The van der Waals surface area contributed by atoms with Gasteiger partial charge < -0.3 is 19.5 Å². The lowest BCUT2D eigenvalue weighted by Crippen LogP contribution is -2.35. The van der Waals surface area contributed by atoms with Gasteiger partial charge in [-0.25, -0.2) is 0 Å². The highest BCUT2D eigenvalue weighted by Crippen LogP contribution is 2.36. The van der Waals surface area contributed by atoms with Crippen molar-refractivity contribution in [3.8, 4) is 17.2 Å². The van der Waals surface area contributed by atoms with Gasteiger partial charge in [-0.15, -0.1) is 0 Å². The zero-order valence-corrected chi connectivity index (χ0v) is 18.8. The number of hydrogen-bond donors (Lipinski definition) is 1. The first-order valence-electron chi connectivity index (χ1n) is 10.9. The molecule has 168 valence electrons. The molecule has 2 aliphatic rings. The highest BCUT2D eigenvalue weighted by Gasteiger charge is 2.39. The van der Waals surface area contributed by atoms with E-state index >= 15 is 0 Å². The molecule has 32 heavy (non-hydrogen) atoms. The van der Waals surface area contributed by atoms with Gasteiger partial charge in [-0.3, -0.25) is 14.5 Å². The molecule has 7 heteroatoms. The minimum absolute atomic E-state index is 0.0451. The number of hydrogen-bond acceptors (Lipinski definition) is 6. The molecule has 0 saturated heterocycles. The summed E-state index contributed by atoms with van der Waals surface area (Å²) in [4.78, 5) is 27.8. The number of nitrogens with zero attached hydrogens (tertiary/aromatic N) is 1. The lowest BCUT2D eigenvalue weighted by molar-refractivity contribution is -0.137. The van der Waals surface area contributed by atoms with Crippen molar-refractivity contribution >= 4 is 23.1 Å². The smallest absolute Gasteiger partial charge is 0.278 e. The quantitative estimate of drug-likeness (QED) is 0.659. The molecule has 2 amide bonds. The second-order valence-electron chi connectivity index (χ2n) is 8.54. The lowest BCUT2D eigenvalue weighted by atomic mass is 10.0. The molecule has 0 radical (unpaired) electrons. The average Bonchev–Trinajstić information content (AvgIpc) is 2.98. The van der Waals surface area contributed by atoms with Gasteiger partial charge in [0.2, 0.25) is 0 Å². The third kappa shape index (κ3) is 4.42. The number of imide groups is 1. The summed E-state index contributed by atoms with van der Waals surface area (Å²) < 4.78 is 16.9. The van der Waals surface area contributed by atoms with Crippen LogP contribution in [0.5, 0.6) is 17.2 Å². The summed E-state index contributed by atoms with van der Waals surface area (Å²) in [5, 5.41) is 3.17. The molecule has 0 saturated carbocycles. The van der Waals surface area contributed by atoms with E-state index in [1.807, 2.05) is 52.0 Å². The van der Waals surface area contributed by atoms with E-state index in [2.05, 4.69) is 5.32 Å². The Hall–Kier alpha value is -3.48. The van der Waals surface area contributed by atoms with Crippen LogP contribution in [0.1, 0.15) is 33.3 Å². The Labute approximate surface area is 188 Å². The Morgan fingerprint density at radius 3 is 2.28 bits per heavy atom. The summed E-state index contributed by atoms with van der Waals surface area (Å²) in [7, 11) is 0. The van der Waals surface area contributed by atoms with Crippen LogP contribution < -0.4 is 19.5 Å². The minimum Gasteiger partial charge on any atom is -0.491 e. The Morgan fingerprint density at radius 2 is 1.62 bits per heavy atom. The molecule has 0 bridgehead atoms. The summed E-state index contributed by atoms with van der Waals surface area (Å²) in [5.41, 5.74) is 1.91. The van der Waals surface area contributed by atoms with Gasteiger partial charge in [0.15, 0.2) is 11.5 Å². The highest BCUT2D eigenvalue weighted by molar-refractivity contribution is 6.36. The van der Waals surface area contributed by atoms with Crippen LogP contribution in [0, 0.1) is 5.92 Å². The molecule has 2 aliphatic heterocycles. The molecule has 0 unspecified atom stereocenters. The number of rotatable bonds is 7. The average molecular weight is 437 g/mol. The number of nitrogens with one attached hydrogen (secondary N) is 1. The fraction of sp³-hybridized carbons (Fsp3) is 0.360. The fourth-order valence-electron chi connectivity index (χ4n) is 3.73. The van der Waals surface area contributed by atoms with Gasteiger partial charge in [0.05, 0.1) is 11.7 Å². The van der Waals surface area contributed by atoms with E-state index in [1.54, 1.807) is 18.2 Å². The lowest BCUT2D eigenvalue weighted by Gasteiger charge is -2.20. The Bertz CT molecular complexity index is 1060. The Balaban J connectivity index is 1.70. The van der Waals surface area contributed by atoms with Gasteiger partial charge in [0.25, 0.3) is 11.8 Å². The number of fused-ring (bicyclic) bond motifs is 1. The molecule has 0 fully saturated rings. The van der Waals surface area contributed by atoms with E-state index in [-0.39, 0.29) is 29.5 Å². The molecule has 4 rings (SSSR count). The third-order valence-electron chi connectivity index (χ3n) is 5.04. The Morgan fingerprint density at radius 1 is 0.938 bits per heavy atom. The summed E-state index contributed by atoms with van der Waals surface area (Å²) in [5.74, 6) is 1.49. The summed E-state index contributed by atoms with van der Waals surface area (Å²) in [6.45, 7) is 9.18. The largest absolute Gasteiger partial charge is 0.491 e. The van der Waals surface area contributed by atoms with Gasteiger partial charge in [-0.2, -0.15) is 0 Å². The second-order valence-corrected chi connectivity index (χ2v) is 8.54. The standard InChI is InChI=1S/C25H28N2O5/c1-15(2)14-27-24(28)22(17-5-8-19(9-6-17)32-16(3)4)23(25(27)29)26-18-7-10-20-21(13-18)31-12-11-30-20/h5-10,13,15-16,26H,11-12,14H2,1-4H3. The first kappa shape index (κ1) is 21.7. The topological polar surface area (TPSA) is 77.1 Å². The maximum Gasteiger partial charge on any atom is 0.278 e. The van der Waals surface area contributed by atoms with E-state index in [1.165, 1.54) is 4.90 Å². The first-order valence-corrected chi connectivity index (χ1v) is 10.9. The summed E-state index contributed by atoms with van der Waals surface area (Å²) in [6, 6.07) is 12.6. The van der Waals surface area contributed by atoms with Gasteiger partial charge in [-0.05, 0) is 49.6 Å². The number of amides is 2. The van der Waals surface area contributed by atoms with Gasteiger partial charge >= 0.3 is 0 Å². The predicted molar refractivity (Wildman–Crippen MR) is 122 cm³/mol. The zero-order chi connectivity index (χ0) is 22.8. The van der Waals surface area contributed by atoms with E-state index in [4.69, 9.17) is 14.2 Å². The van der Waals surface area contributed by atoms with Crippen molar-refractivity contribution in [2.45, 2.75) is 33.8 Å². The number of benzene rings is 2. The van der Waals surface area contributed by atoms with Crippen molar-refractivity contribution in [1.29, 1.82) is 0 Å². The maximum absolute atomic E-state index is 13.3. The molecular weight excluding hydrogens is 408 g/mol. The van der Waals surface area contributed by atoms with Crippen molar-refractivity contribution in [2.24, 2.45) is 5.92 Å². The number of anilines is 1. The van der Waals surface area contributed by atoms with E-state index < -0.39 is 0 Å². The molecule has 0 atom stereocenters. The third-order valence-corrected chi connectivity index (χ3v) is 5.04. The number of carbonyl (C=O) groups excluding carboxylic acids is 2. The summed E-state index contributed by atoms with van der Waals surface area (Å²) in [6.07, 6.45) is 0.0451. The van der Waals surface area contributed by atoms with Crippen molar-refractivity contribution in [3.05, 3.63) is 53.7 Å². The van der Waals surface area contributed by atoms with Crippen molar-refractivity contribution in [3.63, 3.8) is 0 Å². The first-order chi connectivity index (χ1) is 15.3. The van der Waals surface area contributed by atoms with Crippen LogP contribution in [0.2, 0.25) is 0 Å². The molecule has 0 aliphatic carbocycles. The van der Waals surface area contributed by atoms with Crippen LogP contribution in [0.25, 0.3) is 5.57 Å². The van der Waals surface area contributed by atoms with Crippen LogP contribution in [-0.2, 0) is 9.59 Å². The maximum atomic E-state index is 13.3. The molecule has 2 aromatic rings. The SMILES string of the molecule is CC(C)CN1C(=O)C(Nc2ccc3c(c2)OCCO3)=C(c2ccc(OC(C)C)cc2)C1=O. The zero-order valence-electron chi connectivity index (χ0n) is 18.8. The van der Waals surface area contributed by atoms with E-state index in [0.717, 1.165) is 0 Å². The fourth-order valence-corrected chi connectivity index (χ4v) is 3.73. The number of ether oxygens (including phenoxy) is 3. The minimum atomic E-state index is -0.337. The van der Waals surface area contributed by atoms with Crippen molar-refractivity contribution in [1.82, 2.24) is 4.90 Å². The highest BCUT2D eigenvalue weighted by atomic mass is 16.6. The predicted octanol–water partition coefficient (Wildman–Crippen LogP) is 4.09. The second kappa shape index (κ2) is 8.94. The van der Waals surface area contributed by atoms with Crippen molar-refractivity contribution in [2.75, 3.05) is 25.1 Å². The van der Waals surface area contributed by atoms with E-state index in [9.17, 15) is 9.59 Å². The Kier molecular flexibility index (Phi) is 6.08. The van der Waals surface area contributed by atoms with Gasteiger partial charge in [0.1, 0.15) is 24.7 Å². The normalized spacial score (nSPS) is 15.8. The monoisotopic (exact) mass is 436 g/mol. The van der Waals surface area contributed by atoms with Crippen LogP contribution in [-0.4, -0.2) is 42.6 Å². The molecule has 1 N–H and O–H groups in total. The van der Waals surface area contributed by atoms with Crippen LogP contribution in [0.3, 0.4) is 0 Å². The van der Waals surface area contributed by atoms with Gasteiger partial charge in [0, 0.05) is 18.3 Å². The van der Waals surface area contributed by atoms with Crippen molar-refractivity contribution < 1.29 is 23.8 Å².